The molecule has 0 aromatic carbocycles. The van der Waals surface area contributed by atoms with Crippen LogP contribution in [-0.2, 0) is 0 Å². The van der Waals surface area contributed by atoms with Gasteiger partial charge in [0.1, 0.15) is 0 Å². The van der Waals surface area contributed by atoms with Crippen molar-refractivity contribution in [2.75, 3.05) is 21.1 Å². The van der Waals surface area contributed by atoms with Gasteiger partial charge in [0.05, 0.1) is 0 Å². The van der Waals surface area contributed by atoms with Gasteiger partial charge >= 0.3 is 0 Å². The molecule has 2 N–H and O–H groups in total. The van der Waals surface area contributed by atoms with Crippen LogP contribution < -0.4 is 5.73 Å². The third-order valence-electron chi connectivity index (χ3n) is 0. The first-order valence-electron chi connectivity index (χ1n) is 3.13. The molecule has 0 heterocycles. The van der Waals surface area contributed by atoms with Crippen molar-refractivity contribution in [2.45, 2.75) is 26.3 Å². The Bertz CT molecular complexity index is 43.7. The molecule has 0 fully saturated rings. The molecule has 0 rings (SSSR count). The zero-order valence-corrected chi connectivity index (χ0v) is 7.52. The summed E-state index contributed by atoms with van der Waals surface area (Å²) in [7, 11) is 6.00. The molecule has 0 aliphatic carbocycles. The first-order valence-corrected chi connectivity index (χ1v) is 3.13. The van der Waals surface area contributed by atoms with E-state index in [1.165, 1.54) is 0 Å². The fraction of sp³-hybridized carbons (Fsp3) is 1.00. The Balaban J connectivity index is 0. The summed E-state index contributed by atoms with van der Waals surface area (Å²) in [6, 6.07) is 0. The molecule has 0 saturated carbocycles. The van der Waals surface area contributed by atoms with Crippen molar-refractivity contribution in [3.63, 3.8) is 0 Å². The maximum absolute atomic E-state index is 5.35. The van der Waals surface area contributed by atoms with Gasteiger partial charge in [0.2, 0.25) is 0 Å². The van der Waals surface area contributed by atoms with Crippen molar-refractivity contribution in [1.29, 1.82) is 0 Å². The number of nitrogens with zero attached hydrogens (tertiary/aromatic N) is 1. The first kappa shape index (κ1) is 11.7. The Morgan fingerprint density at radius 3 is 1.00 bits per heavy atom. The van der Waals surface area contributed by atoms with E-state index >= 15 is 0 Å². The van der Waals surface area contributed by atoms with Crippen LogP contribution in [0.5, 0.6) is 0 Å². The van der Waals surface area contributed by atoms with Gasteiger partial charge in [-0.2, -0.15) is 0 Å². The maximum Gasteiger partial charge on any atom is 0.00686 e. The summed E-state index contributed by atoms with van der Waals surface area (Å²) in [5.74, 6) is 0. The molecule has 0 spiro atoms. The normalized spacial score (nSPS) is 10.7. The molecule has 0 amide bonds. The van der Waals surface area contributed by atoms with Crippen molar-refractivity contribution >= 4 is 0 Å². The number of rotatable bonds is 0. The standard InChI is InChI=1S/C4H11N.C3H9N/c1-4(2,3)5;1-4(2)3/h5H2,1-3H3;1-3H3. The van der Waals surface area contributed by atoms with Crippen LogP contribution in [0.15, 0.2) is 0 Å². The highest BCUT2D eigenvalue weighted by atomic mass is 15.0. The van der Waals surface area contributed by atoms with Gasteiger partial charge in [-0.25, -0.2) is 0 Å². The molecule has 2 nitrogen and oxygen atoms in total. The maximum atomic E-state index is 5.35. The smallest absolute Gasteiger partial charge is 0.00686 e. The van der Waals surface area contributed by atoms with E-state index in [0.29, 0.717) is 0 Å². The van der Waals surface area contributed by atoms with Crippen molar-refractivity contribution in [1.82, 2.24) is 4.90 Å². The van der Waals surface area contributed by atoms with Crippen LogP contribution in [0.3, 0.4) is 0 Å². The third-order valence-corrected chi connectivity index (χ3v) is 0. The van der Waals surface area contributed by atoms with Crippen LogP contribution >= 0.6 is 0 Å². The van der Waals surface area contributed by atoms with Crippen LogP contribution in [0, 0.1) is 0 Å². The van der Waals surface area contributed by atoms with Crippen molar-refractivity contribution in [3.8, 4) is 0 Å². The molecule has 2 heteroatoms. The summed E-state index contributed by atoms with van der Waals surface area (Å²) in [5, 5.41) is 0. The minimum absolute atomic E-state index is 0. The Morgan fingerprint density at radius 2 is 1.00 bits per heavy atom. The molecule has 0 unspecified atom stereocenters. The Hall–Kier alpha value is -0.0800. The predicted octanol–water partition coefficient (Wildman–Crippen LogP) is 0.921. The average molecular weight is 132 g/mol. The largest absolute Gasteiger partial charge is 0.326 e. The zero-order chi connectivity index (χ0) is 8.08. The van der Waals surface area contributed by atoms with Crippen LogP contribution in [0.1, 0.15) is 20.8 Å². The topological polar surface area (TPSA) is 29.3 Å². The lowest BCUT2D eigenvalue weighted by Gasteiger charge is -2.06. The highest BCUT2D eigenvalue weighted by molar-refractivity contribution is 4.60. The van der Waals surface area contributed by atoms with Gasteiger partial charge in [-0.05, 0) is 41.9 Å². The number of nitrogens with two attached hydrogens (primary N) is 1. The predicted molar refractivity (Wildman–Crippen MR) is 43.6 cm³/mol. The van der Waals surface area contributed by atoms with Crippen LogP contribution in [0.4, 0.5) is 0 Å². The fourth-order valence-electron chi connectivity index (χ4n) is 0. The molecule has 0 aromatic heterocycles. The second-order valence-electron chi connectivity index (χ2n) is 3.71. The van der Waals surface area contributed by atoms with E-state index in [-0.39, 0.29) is 5.54 Å². The summed E-state index contributed by atoms with van der Waals surface area (Å²) < 4.78 is 0. The third kappa shape index (κ3) is 43400. The molecule has 0 aliphatic rings. The molecule has 0 bridgehead atoms. The lowest BCUT2D eigenvalue weighted by atomic mass is 10.1. The van der Waals surface area contributed by atoms with Gasteiger partial charge in [0.25, 0.3) is 0 Å². The summed E-state index contributed by atoms with van der Waals surface area (Å²) in [5.41, 5.74) is 5.35. The Morgan fingerprint density at radius 1 is 1.00 bits per heavy atom. The second kappa shape index (κ2) is 4.77. The summed E-state index contributed by atoms with van der Waals surface area (Å²) in [4.78, 5) is 2.00. The lowest BCUT2D eigenvalue weighted by Crippen LogP contribution is -2.26. The summed E-state index contributed by atoms with van der Waals surface area (Å²) in [6.45, 7) is 5.90. The van der Waals surface area contributed by atoms with E-state index in [2.05, 4.69) is 0 Å². The van der Waals surface area contributed by atoms with E-state index in [0.717, 1.165) is 0 Å². The molecule has 0 radical (unpaired) electrons. The SMILES string of the molecule is CC(C)(C)N.CN(C)C. The monoisotopic (exact) mass is 132 g/mol. The molecule has 0 aromatic rings. The second-order valence-corrected chi connectivity index (χ2v) is 3.71. The molecular weight excluding hydrogens is 112 g/mol. The van der Waals surface area contributed by atoms with E-state index < -0.39 is 0 Å². The van der Waals surface area contributed by atoms with Gasteiger partial charge in [-0.3, -0.25) is 0 Å². The minimum atomic E-state index is 0. The van der Waals surface area contributed by atoms with Crippen molar-refractivity contribution in [2.24, 2.45) is 5.73 Å². The average Bonchev–Trinajstić information content (AvgIpc) is 1.19. The summed E-state index contributed by atoms with van der Waals surface area (Å²) in [6.07, 6.45) is 0. The number of hydrogen-bond acceptors (Lipinski definition) is 2. The van der Waals surface area contributed by atoms with Gasteiger partial charge < -0.3 is 10.6 Å². The van der Waals surface area contributed by atoms with E-state index in [9.17, 15) is 0 Å². The Labute approximate surface area is 59.0 Å². The lowest BCUT2D eigenvalue weighted by molar-refractivity contribution is 0.505. The Kier molecular flexibility index (Phi) is 6.19. The van der Waals surface area contributed by atoms with Gasteiger partial charge in [-0.15, -0.1) is 0 Å². The van der Waals surface area contributed by atoms with Crippen LogP contribution in [0.2, 0.25) is 0 Å². The molecule has 0 saturated heterocycles. The first-order chi connectivity index (χ1) is 3.73. The number of hydrogen-bond donors (Lipinski definition) is 1. The van der Waals surface area contributed by atoms with E-state index in [1.54, 1.807) is 0 Å². The highest BCUT2D eigenvalue weighted by Gasteiger charge is 1.95. The molecule has 9 heavy (non-hydrogen) atoms. The van der Waals surface area contributed by atoms with Gasteiger partial charge in [0, 0.05) is 5.54 Å². The van der Waals surface area contributed by atoms with Crippen molar-refractivity contribution < 1.29 is 0 Å². The minimum Gasteiger partial charge on any atom is -0.326 e. The van der Waals surface area contributed by atoms with Crippen molar-refractivity contribution in [3.05, 3.63) is 0 Å². The fourth-order valence-corrected chi connectivity index (χ4v) is 0. The van der Waals surface area contributed by atoms with Gasteiger partial charge in [0.15, 0.2) is 0 Å². The molecule has 58 valence electrons. The zero-order valence-electron chi connectivity index (χ0n) is 7.52. The molecule has 0 atom stereocenters. The molecular formula is C7H20N2. The van der Waals surface area contributed by atoms with E-state index in [1.807, 2.05) is 46.8 Å². The molecule has 0 aliphatic heterocycles. The summed E-state index contributed by atoms with van der Waals surface area (Å²) >= 11 is 0. The van der Waals surface area contributed by atoms with Gasteiger partial charge in [-0.1, -0.05) is 0 Å². The van der Waals surface area contributed by atoms with Crippen LogP contribution in [0.25, 0.3) is 0 Å². The quantitative estimate of drug-likeness (QED) is 0.531. The van der Waals surface area contributed by atoms with E-state index in [4.69, 9.17) is 5.73 Å². The van der Waals surface area contributed by atoms with Crippen LogP contribution in [-0.4, -0.2) is 31.6 Å². The highest BCUT2D eigenvalue weighted by Crippen LogP contribution is 1.88.